The fourth-order valence-corrected chi connectivity index (χ4v) is 4.64. The molecule has 6 heteroatoms. The van der Waals surface area contributed by atoms with Gasteiger partial charge in [-0.25, -0.2) is 0 Å². The molecule has 1 N–H and O–H groups in total. The summed E-state index contributed by atoms with van der Waals surface area (Å²) in [5.41, 5.74) is 4.54. The second kappa shape index (κ2) is 10.7. The van der Waals surface area contributed by atoms with Gasteiger partial charge in [-0.1, -0.05) is 54.6 Å². The summed E-state index contributed by atoms with van der Waals surface area (Å²) in [5.74, 6) is -0.197. The highest BCUT2D eigenvalue weighted by Crippen LogP contribution is 2.21. The van der Waals surface area contributed by atoms with Gasteiger partial charge in [0.05, 0.1) is 18.3 Å². The number of fused-ring (bicyclic) bond motifs is 1. The third kappa shape index (κ3) is 5.66. The van der Waals surface area contributed by atoms with Crippen LogP contribution in [0.5, 0.6) is 0 Å². The number of carbonyl (C=O) groups excluding carboxylic acids is 2. The molecule has 0 bridgehead atoms. The Morgan fingerprint density at radius 2 is 1.57 bits per heavy atom. The van der Waals surface area contributed by atoms with Crippen molar-refractivity contribution in [2.75, 3.05) is 25.0 Å². The van der Waals surface area contributed by atoms with E-state index < -0.39 is 0 Å². The molecule has 2 heterocycles. The average molecular weight is 467 g/mol. The van der Waals surface area contributed by atoms with Crippen LogP contribution in [0.1, 0.15) is 36.0 Å². The molecule has 1 fully saturated rings. The van der Waals surface area contributed by atoms with Crippen LogP contribution >= 0.6 is 0 Å². The van der Waals surface area contributed by atoms with E-state index in [2.05, 4.69) is 15.3 Å². The number of ketones is 1. The number of hydrogen-bond acceptors (Lipinski definition) is 4. The number of nitrogens with zero attached hydrogens (tertiary/aromatic N) is 3. The lowest BCUT2D eigenvalue weighted by Gasteiger charge is -2.14. The van der Waals surface area contributed by atoms with E-state index in [0.717, 1.165) is 53.9 Å². The minimum atomic E-state index is -0.165. The third-order valence-electron chi connectivity index (χ3n) is 6.65. The molecule has 6 nitrogen and oxygen atoms in total. The highest BCUT2D eigenvalue weighted by atomic mass is 16.2. The van der Waals surface area contributed by atoms with Crippen LogP contribution in [-0.2, 0) is 11.3 Å². The van der Waals surface area contributed by atoms with Crippen LogP contribution in [0.3, 0.4) is 0 Å². The topological polar surface area (TPSA) is 67.2 Å². The van der Waals surface area contributed by atoms with Gasteiger partial charge >= 0.3 is 0 Å². The number of rotatable bonds is 9. The predicted molar refractivity (Wildman–Crippen MR) is 139 cm³/mol. The monoisotopic (exact) mass is 466 g/mol. The highest BCUT2D eigenvalue weighted by Gasteiger charge is 2.13. The fraction of sp³-hybridized carbons (Fsp3) is 0.276. The molecule has 178 valence electrons. The van der Waals surface area contributed by atoms with Crippen molar-refractivity contribution in [2.24, 2.45) is 0 Å². The highest BCUT2D eigenvalue weighted by molar-refractivity contribution is 6.00. The summed E-state index contributed by atoms with van der Waals surface area (Å²) in [5, 5.41) is 8.52. The van der Waals surface area contributed by atoms with Gasteiger partial charge in [0.15, 0.2) is 5.78 Å². The molecule has 1 amide bonds. The van der Waals surface area contributed by atoms with Crippen molar-refractivity contribution in [3.8, 4) is 11.1 Å². The standard InChI is InChI=1S/C29H30N4O2/c34-28(24-10-8-23(9-11-24)22-6-2-1-3-7-22)14-15-29(35)31-26-13-12-25-21-30-33(27(25)20-26)19-18-32-16-4-5-17-32/h1-3,6-13,20-21H,4-5,14-19H2,(H,31,35). The van der Waals surface area contributed by atoms with Crippen LogP contribution in [0.25, 0.3) is 22.0 Å². The van der Waals surface area contributed by atoms with E-state index in [0.29, 0.717) is 5.56 Å². The van der Waals surface area contributed by atoms with Crippen molar-refractivity contribution >= 4 is 28.3 Å². The summed E-state index contributed by atoms with van der Waals surface area (Å²) >= 11 is 0. The molecule has 5 rings (SSSR count). The zero-order valence-corrected chi connectivity index (χ0v) is 19.8. The van der Waals surface area contributed by atoms with E-state index in [-0.39, 0.29) is 24.5 Å². The summed E-state index contributed by atoms with van der Waals surface area (Å²) in [6.07, 6.45) is 4.74. The lowest BCUT2D eigenvalue weighted by molar-refractivity contribution is -0.116. The van der Waals surface area contributed by atoms with Gasteiger partial charge in [0, 0.05) is 36.0 Å². The quantitative estimate of drug-likeness (QED) is 0.335. The summed E-state index contributed by atoms with van der Waals surface area (Å²) < 4.78 is 2.01. The molecule has 4 aromatic rings. The first-order valence-corrected chi connectivity index (χ1v) is 12.3. The Hall–Kier alpha value is -3.77. The zero-order valence-electron chi connectivity index (χ0n) is 19.8. The molecule has 0 aliphatic carbocycles. The van der Waals surface area contributed by atoms with Gasteiger partial charge in [0.25, 0.3) is 0 Å². The van der Waals surface area contributed by atoms with E-state index in [4.69, 9.17) is 0 Å². The third-order valence-corrected chi connectivity index (χ3v) is 6.65. The first-order valence-electron chi connectivity index (χ1n) is 12.3. The minimum absolute atomic E-state index is 0.0322. The van der Waals surface area contributed by atoms with Crippen molar-refractivity contribution in [1.82, 2.24) is 14.7 Å². The van der Waals surface area contributed by atoms with Crippen LogP contribution < -0.4 is 5.32 Å². The normalized spacial score (nSPS) is 13.8. The zero-order chi connectivity index (χ0) is 24.0. The van der Waals surface area contributed by atoms with Crippen molar-refractivity contribution in [2.45, 2.75) is 32.2 Å². The van der Waals surface area contributed by atoms with E-state index >= 15 is 0 Å². The Morgan fingerprint density at radius 3 is 2.34 bits per heavy atom. The molecule has 0 unspecified atom stereocenters. The molecule has 1 aliphatic heterocycles. The van der Waals surface area contributed by atoms with Gasteiger partial charge < -0.3 is 10.2 Å². The Labute approximate surface area is 205 Å². The number of aromatic nitrogens is 2. The fourth-order valence-electron chi connectivity index (χ4n) is 4.64. The molecule has 1 aromatic heterocycles. The van der Waals surface area contributed by atoms with Crippen molar-refractivity contribution in [3.05, 3.63) is 84.6 Å². The van der Waals surface area contributed by atoms with Gasteiger partial charge in [0.1, 0.15) is 0 Å². The molecule has 0 atom stereocenters. The molecule has 1 aliphatic rings. The molecule has 0 radical (unpaired) electrons. The van der Waals surface area contributed by atoms with Gasteiger partial charge in [-0.2, -0.15) is 5.10 Å². The lowest BCUT2D eigenvalue weighted by Crippen LogP contribution is -2.24. The Bertz CT molecular complexity index is 1310. The first-order chi connectivity index (χ1) is 17.2. The van der Waals surface area contributed by atoms with Crippen molar-refractivity contribution in [1.29, 1.82) is 0 Å². The number of benzene rings is 3. The van der Waals surface area contributed by atoms with E-state index in [9.17, 15) is 9.59 Å². The minimum Gasteiger partial charge on any atom is -0.326 e. The lowest BCUT2D eigenvalue weighted by atomic mass is 10.0. The van der Waals surface area contributed by atoms with Crippen LogP contribution in [0.4, 0.5) is 5.69 Å². The van der Waals surface area contributed by atoms with Gasteiger partial charge in [0.2, 0.25) is 5.91 Å². The summed E-state index contributed by atoms with van der Waals surface area (Å²) in [7, 11) is 0. The maximum Gasteiger partial charge on any atom is 0.224 e. The Morgan fingerprint density at radius 1 is 0.829 bits per heavy atom. The average Bonchev–Trinajstić information content (AvgIpc) is 3.56. The SMILES string of the molecule is O=C(CCC(=O)c1ccc(-c2ccccc2)cc1)Nc1ccc2cnn(CCN3CCCC3)c2c1. The molecule has 35 heavy (non-hydrogen) atoms. The van der Waals surface area contributed by atoms with Gasteiger partial charge in [-0.3, -0.25) is 14.3 Å². The van der Waals surface area contributed by atoms with Crippen LogP contribution in [0, 0.1) is 0 Å². The number of nitrogens with one attached hydrogen (secondary N) is 1. The Balaban J connectivity index is 1.15. The van der Waals surface area contributed by atoms with E-state index in [1.165, 1.54) is 12.8 Å². The number of likely N-dealkylation sites (tertiary alicyclic amines) is 1. The number of carbonyl (C=O) groups is 2. The van der Waals surface area contributed by atoms with Crippen molar-refractivity contribution in [3.63, 3.8) is 0 Å². The van der Waals surface area contributed by atoms with Gasteiger partial charge in [-0.05, 0) is 55.3 Å². The largest absolute Gasteiger partial charge is 0.326 e. The maximum absolute atomic E-state index is 12.6. The second-order valence-electron chi connectivity index (χ2n) is 9.10. The van der Waals surface area contributed by atoms with Crippen molar-refractivity contribution < 1.29 is 9.59 Å². The molecule has 0 saturated carbocycles. The summed E-state index contributed by atoms with van der Waals surface area (Å²) in [6.45, 7) is 4.15. The smallest absolute Gasteiger partial charge is 0.224 e. The first kappa shape index (κ1) is 23.0. The number of amides is 1. The Kier molecular flexibility index (Phi) is 7.00. The summed E-state index contributed by atoms with van der Waals surface area (Å²) in [6, 6.07) is 23.4. The number of hydrogen-bond donors (Lipinski definition) is 1. The van der Waals surface area contributed by atoms with Gasteiger partial charge in [-0.15, -0.1) is 0 Å². The molecular weight excluding hydrogens is 436 g/mol. The molecule has 1 saturated heterocycles. The summed E-state index contributed by atoms with van der Waals surface area (Å²) in [4.78, 5) is 27.6. The molecule has 0 spiro atoms. The van der Waals surface area contributed by atoms with Crippen LogP contribution in [0.15, 0.2) is 79.0 Å². The molecule has 3 aromatic carbocycles. The van der Waals surface area contributed by atoms with Crippen LogP contribution in [0.2, 0.25) is 0 Å². The second-order valence-corrected chi connectivity index (χ2v) is 9.10. The number of Topliss-reactive ketones (excluding diaryl/α,β-unsaturated/α-hetero) is 1. The van der Waals surface area contributed by atoms with E-state index in [1.54, 1.807) is 0 Å². The molecular formula is C29H30N4O2. The predicted octanol–water partition coefficient (Wildman–Crippen LogP) is 5.40. The number of anilines is 1. The van der Waals surface area contributed by atoms with E-state index in [1.807, 2.05) is 83.7 Å². The van der Waals surface area contributed by atoms with Crippen LogP contribution in [-0.4, -0.2) is 46.0 Å². The maximum atomic E-state index is 12.6.